The van der Waals surface area contributed by atoms with Gasteiger partial charge in [0.1, 0.15) is 6.07 Å². The van der Waals surface area contributed by atoms with Crippen molar-refractivity contribution in [1.82, 2.24) is 4.90 Å². The Bertz CT molecular complexity index is 475. The van der Waals surface area contributed by atoms with Crippen molar-refractivity contribution in [1.29, 1.82) is 5.26 Å². The van der Waals surface area contributed by atoms with Crippen LogP contribution in [0.5, 0.6) is 0 Å². The Kier molecular flexibility index (Phi) is 4.18. The predicted octanol–water partition coefficient (Wildman–Crippen LogP) is 1.50. The van der Waals surface area contributed by atoms with Crippen molar-refractivity contribution in [2.45, 2.75) is 31.3 Å². The van der Waals surface area contributed by atoms with Crippen molar-refractivity contribution in [2.75, 3.05) is 13.1 Å². The molecule has 1 fully saturated rings. The molecule has 0 aliphatic carbocycles. The summed E-state index contributed by atoms with van der Waals surface area (Å²) in [6.07, 6.45) is 3.03. The number of nitrogens with zero attached hydrogens (tertiary/aromatic N) is 2. The highest BCUT2D eigenvalue weighted by molar-refractivity contribution is 5.88. The van der Waals surface area contributed by atoms with Crippen molar-refractivity contribution in [3.8, 4) is 6.07 Å². The van der Waals surface area contributed by atoms with Crippen LogP contribution in [0.4, 0.5) is 0 Å². The molecule has 4 heteroatoms. The standard InChI is InChI=1S/C15H18N2O2/c16-12-15(19,11-13-7-3-1-4-8-13)14(18)17-9-5-2-6-10-17/h1,3-4,7-8,19H,2,5-6,9-11H2. The van der Waals surface area contributed by atoms with Crippen molar-refractivity contribution < 1.29 is 9.90 Å². The molecule has 0 spiro atoms. The van der Waals surface area contributed by atoms with Gasteiger partial charge in [-0.3, -0.25) is 4.79 Å². The number of hydrogen-bond acceptors (Lipinski definition) is 3. The van der Waals surface area contributed by atoms with E-state index in [0.29, 0.717) is 13.1 Å². The molecular formula is C15H18N2O2. The molecule has 100 valence electrons. The molecule has 0 aromatic heterocycles. The van der Waals surface area contributed by atoms with E-state index in [9.17, 15) is 15.2 Å². The minimum atomic E-state index is -1.95. The first-order valence-corrected chi connectivity index (χ1v) is 6.63. The van der Waals surface area contributed by atoms with Gasteiger partial charge in [-0.2, -0.15) is 5.26 Å². The number of likely N-dealkylation sites (tertiary alicyclic amines) is 1. The van der Waals surface area contributed by atoms with Crippen LogP contribution in [0.2, 0.25) is 0 Å². The van der Waals surface area contributed by atoms with Gasteiger partial charge in [0.15, 0.2) is 0 Å². The van der Waals surface area contributed by atoms with Gasteiger partial charge in [0.25, 0.3) is 5.91 Å². The normalized spacial score (nSPS) is 18.4. The van der Waals surface area contributed by atoms with Crippen LogP contribution >= 0.6 is 0 Å². The summed E-state index contributed by atoms with van der Waals surface area (Å²) in [6.45, 7) is 1.27. The molecule has 4 nitrogen and oxygen atoms in total. The van der Waals surface area contributed by atoms with Crippen LogP contribution in [0.25, 0.3) is 0 Å². The van der Waals surface area contributed by atoms with E-state index in [1.165, 1.54) is 0 Å². The van der Waals surface area contributed by atoms with Crippen LogP contribution in [0, 0.1) is 11.3 Å². The molecule has 1 heterocycles. The number of aliphatic hydroxyl groups is 1. The van der Waals surface area contributed by atoms with Gasteiger partial charge in [0.05, 0.1) is 0 Å². The van der Waals surface area contributed by atoms with Gasteiger partial charge in [-0.25, -0.2) is 0 Å². The molecule has 1 aromatic carbocycles. The first kappa shape index (κ1) is 13.6. The number of carbonyl (C=O) groups is 1. The van der Waals surface area contributed by atoms with Crippen molar-refractivity contribution in [3.05, 3.63) is 35.9 Å². The molecule has 1 N–H and O–H groups in total. The third-order valence-electron chi connectivity index (χ3n) is 3.48. The van der Waals surface area contributed by atoms with E-state index in [1.807, 2.05) is 30.3 Å². The molecule has 0 saturated carbocycles. The van der Waals surface area contributed by atoms with Gasteiger partial charge in [0, 0.05) is 19.5 Å². The zero-order valence-corrected chi connectivity index (χ0v) is 10.9. The highest BCUT2D eigenvalue weighted by Gasteiger charge is 2.40. The van der Waals surface area contributed by atoms with Crippen LogP contribution in [0.3, 0.4) is 0 Å². The summed E-state index contributed by atoms with van der Waals surface area (Å²) >= 11 is 0. The van der Waals surface area contributed by atoms with Crippen LogP contribution in [0.1, 0.15) is 24.8 Å². The van der Waals surface area contributed by atoms with E-state index in [-0.39, 0.29) is 6.42 Å². The average Bonchev–Trinajstić information content (AvgIpc) is 2.48. The summed E-state index contributed by atoms with van der Waals surface area (Å²) in [5.74, 6) is -0.460. The maximum Gasteiger partial charge on any atom is 0.269 e. The van der Waals surface area contributed by atoms with Gasteiger partial charge in [-0.05, 0) is 24.8 Å². The number of hydrogen-bond donors (Lipinski definition) is 1. The molecule has 1 atom stereocenters. The summed E-state index contributed by atoms with van der Waals surface area (Å²) in [4.78, 5) is 13.9. The molecule has 1 aliphatic rings. The van der Waals surface area contributed by atoms with Crippen LogP contribution in [-0.2, 0) is 11.2 Å². The number of piperidine rings is 1. The second kappa shape index (κ2) is 5.85. The lowest BCUT2D eigenvalue weighted by molar-refractivity contribution is -0.146. The highest BCUT2D eigenvalue weighted by atomic mass is 16.3. The van der Waals surface area contributed by atoms with Gasteiger partial charge < -0.3 is 10.0 Å². The van der Waals surface area contributed by atoms with Crippen molar-refractivity contribution in [2.24, 2.45) is 0 Å². The Morgan fingerprint density at radius 3 is 2.47 bits per heavy atom. The lowest BCUT2D eigenvalue weighted by Gasteiger charge is -2.31. The van der Waals surface area contributed by atoms with E-state index in [4.69, 9.17) is 0 Å². The van der Waals surface area contributed by atoms with Crippen molar-refractivity contribution in [3.63, 3.8) is 0 Å². The topological polar surface area (TPSA) is 64.3 Å². The number of rotatable bonds is 3. The lowest BCUT2D eigenvalue weighted by Crippen LogP contribution is -2.51. The highest BCUT2D eigenvalue weighted by Crippen LogP contribution is 2.19. The molecule has 0 bridgehead atoms. The zero-order chi connectivity index (χ0) is 13.7. The number of nitriles is 1. The quantitative estimate of drug-likeness (QED) is 0.835. The fourth-order valence-corrected chi connectivity index (χ4v) is 2.41. The van der Waals surface area contributed by atoms with Crippen LogP contribution < -0.4 is 0 Å². The van der Waals surface area contributed by atoms with Gasteiger partial charge in [-0.15, -0.1) is 0 Å². The van der Waals surface area contributed by atoms with E-state index in [0.717, 1.165) is 24.8 Å². The molecule has 0 radical (unpaired) electrons. The molecule has 2 rings (SSSR count). The maximum atomic E-state index is 12.3. The molecular weight excluding hydrogens is 240 g/mol. The number of benzene rings is 1. The van der Waals surface area contributed by atoms with E-state index < -0.39 is 11.5 Å². The Hall–Kier alpha value is -1.86. The Balaban J connectivity index is 2.13. The minimum Gasteiger partial charge on any atom is -0.368 e. The van der Waals surface area contributed by atoms with E-state index in [2.05, 4.69) is 0 Å². The Morgan fingerprint density at radius 1 is 1.26 bits per heavy atom. The van der Waals surface area contributed by atoms with Gasteiger partial charge >= 0.3 is 0 Å². The SMILES string of the molecule is N#CC(O)(Cc1ccccc1)C(=O)N1CCCCC1. The molecule has 1 unspecified atom stereocenters. The number of amides is 1. The second-order valence-electron chi connectivity index (χ2n) is 4.99. The molecule has 1 aromatic rings. The zero-order valence-electron chi connectivity index (χ0n) is 10.9. The minimum absolute atomic E-state index is 0.0413. The largest absolute Gasteiger partial charge is 0.368 e. The summed E-state index contributed by atoms with van der Waals surface area (Å²) in [6, 6.07) is 10.9. The number of carbonyl (C=O) groups excluding carboxylic acids is 1. The monoisotopic (exact) mass is 258 g/mol. The fraction of sp³-hybridized carbons (Fsp3) is 0.467. The summed E-state index contributed by atoms with van der Waals surface area (Å²) in [5.41, 5.74) is -1.16. The Labute approximate surface area is 113 Å². The molecule has 1 aliphatic heterocycles. The lowest BCUT2D eigenvalue weighted by atomic mass is 9.93. The molecule has 1 saturated heterocycles. The van der Waals surface area contributed by atoms with Gasteiger partial charge in [0.2, 0.25) is 5.60 Å². The molecule has 19 heavy (non-hydrogen) atoms. The van der Waals surface area contributed by atoms with Crippen LogP contribution in [-0.4, -0.2) is 34.6 Å². The smallest absolute Gasteiger partial charge is 0.269 e. The van der Waals surface area contributed by atoms with E-state index >= 15 is 0 Å². The summed E-state index contributed by atoms with van der Waals surface area (Å²) in [5, 5.41) is 19.5. The first-order valence-electron chi connectivity index (χ1n) is 6.63. The third kappa shape index (κ3) is 3.12. The fourth-order valence-electron chi connectivity index (χ4n) is 2.41. The van der Waals surface area contributed by atoms with E-state index in [1.54, 1.807) is 11.0 Å². The summed E-state index contributed by atoms with van der Waals surface area (Å²) < 4.78 is 0. The second-order valence-corrected chi connectivity index (χ2v) is 4.99. The maximum absolute atomic E-state index is 12.3. The average molecular weight is 258 g/mol. The third-order valence-corrected chi connectivity index (χ3v) is 3.48. The predicted molar refractivity (Wildman–Crippen MR) is 71.1 cm³/mol. The van der Waals surface area contributed by atoms with Crippen molar-refractivity contribution >= 4 is 5.91 Å². The first-order chi connectivity index (χ1) is 9.15. The Morgan fingerprint density at radius 2 is 1.89 bits per heavy atom. The van der Waals surface area contributed by atoms with Crippen LogP contribution in [0.15, 0.2) is 30.3 Å². The molecule has 1 amide bonds. The van der Waals surface area contributed by atoms with Gasteiger partial charge in [-0.1, -0.05) is 30.3 Å². The summed E-state index contributed by atoms with van der Waals surface area (Å²) in [7, 11) is 0.